The Morgan fingerprint density at radius 1 is 0.889 bits per heavy atom. The molecule has 2 rings (SSSR count). The predicted molar refractivity (Wildman–Crippen MR) is 39.1 cm³/mol. The molecule has 0 amide bonds. The van der Waals surface area contributed by atoms with Crippen molar-refractivity contribution in [3.63, 3.8) is 0 Å². The van der Waals surface area contributed by atoms with Crippen LogP contribution < -0.4 is 0 Å². The van der Waals surface area contributed by atoms with Gasteiger partial charge in [-0.2, -0.15) is 0 Å². The van der Waals surface area contributed by atoms with E-state index < -0.39 is 0 Å². The molecule has 0 aromatic rings. The van der Waals surface area contributed by atoms with Crippen molar-refractivity contribution in [2.45, 2.75) is 19.3 Å². The highest BCUT2D eigenvalue weighted by Gasteiger charge is 2.17. The van der Waals surface area contributed by atoms with Gasteiger partial charge in [0.05, 0.1) is 0 Å². The summed E-state index contributed by atoms with van der Waals surface area (Å²) in [5.41, 5.74) is 0. The standard InChI is InChI=1S/C9H12/c1-3-8-5-2-6-9(4-1)7-8/h1-3,6,8-9H,4-5,7H2. The molecule has 2 unspecified atom stereocenters. The molecule has 2 aliphatic rings. The van der Waals surface area contributed by atoms with Crippen LogP contribution in [0.3, 0.4) is 0 Å². The van der Waals surface area contributed by atoms with E-state index in [0.717, 1.165) is 11.8 Å². The smallest absolute Gasteiger partial charge is 0.0193 e. The van der Waals surface area contributed by atoms with Crippen LogP contribution >= 0.6 is 0 Å². The zero-order valence-electron chi connectivity index (χ0n) is 5.59. The predicted octanol–water partition coefficient (Wildman–Crippen LogP) is 2.53. The third kappa shape index (κ3) is 0.937. The summed E-state index contributed by atoms with van der Waals surface area (Å²) in [5.74, 6) is 1.77. The van der Waals surface area contributed by atoms with Crippen molar-refractivity contribution in [1.82, 2.24) is 0 Å². The second-order valence-electron chi connectivity index (χ2n) is 3.08. The van der Waals surface area contributed by atoms with E-state index in [9.17, 15) is 0 Å². The maximum absolute atomic E-state index is 2.38. The zero-order chi connectivity index (χ0) is 6.10. The Kier molecular flexibility index (Phi) is 1.18. The summed E-state index contributed by atoms with van der Waals surface area (Å²) in [6, 6.07) is 0. The van der Waals surface area contributed by atoms with Crippen LogP contribution in [-0.4, -0.2) is 0 Å². The lowest BCUT2D eigenvalue weighted by Gasteiger charge is -2.25. The molecule has 0 spiro atoms. The second kappa shape index (κ2) is 2.02. The molecule has 0 heteroatoms. The van der Waals surface area contributed by atoms with E-state index >= 15 is 0 Å². The van der Waals surface area contributed by atoms with Crippen LogP contribution in [0.15, 0.2) is 24.3 Å². The van der Waals surface area contributed by atoms with E-state index in [2.05, 4.69) is 24.3 Å². The van der Waals surface area contributed by atoms with Gasteiger partial charge >= 0.3 is 0 Å². The van der Waals surface area contributed by atoms with E-state index in [0.29, 0.717) is 0 Å². The van der Waals surface area contributed by atoms with Crippen LogP contribution in [0.5, 0.6) is 0 Å². The summed E-state index contributed by atoms with van der Waals surface area (Å²) in [6.45, 7) is 0. The lowest BCUT2D eigenvalue weighted by molar-refractivity contribution is 0.443. The Labute approximate surface area is 56.3 Å². The molecule has 2 bridgehead atoms. The zero-order valence-corrected chi connectivity index (χ0v) is 5.59. The van der Waals surface area contributed by atoms with Crippen LogP contribution in [0, 0.1) is 11.8 Å². The lowest BCUT2D eigenvalue weighted by Crippen LogP contribution is -2.12. The maximum Gasteiger partial charge on any atom is -0.0193 e. The largest absolute Gasteiger partial charge is 0.0877 e. The molecule has 0 heterocycles. The van der Waals surface area contributed by atoms with Crippen molar-refractivity contribution in [2.24, 2.45) is 11.8 Å². The second-order valence-corrected chi connectivity index (χ2v) is 3.08. The SMILES string of the molecule is C1=CC2CC=CC(C1)C2. The quantitative estimate of drug-likeness (QED) is 0.431. The van der Waals surface area contributed by atoms with E-state index in [4.69, 9.17) is 0 Å². The molecule has 48 valence electrons. The summed E-state index contributed by atoms with van der Waals surface area (Å²) < 4.78 is 0. The first kappa shape index (κ1) is 5.28. The van der Waals surface area contributed by atoms with Gasteiger partial charge < -0.3 is 0 Å². The summed E-state index contributed by atoms with van der Waals surface area (Å²) in [4.78, 5) is 0. The highest BCUT2D eigenvalue weighted by atomic mass is 14.2. The molecule has 0 nitrogen and oxygen atoms in total. The van der Waals surface area contributed by atoms with Gasteiger partial charge in [0, 0.05) is 0 Å². The van der Waals surface area contributed by atoms with Crippen LogP contribution in [0.25, 0.3) is 0 Å². The highest BCUT2D eigenvalue weighted by molar-refractivity contribution is 5.08. The third-order valence-electron chi connectivity index (χ3n) is 2.30. The Balaban J connectivity index is 2.20. The molecule has 0 fully saturated rings. The van der Waals surface area contributed by atoms with Gasteiger partial charge in [-0.25, -0.2) is 0 Å². The molecule has 0 aliphatic heterocycles. The molecule has 9 heavy (non-hydrogen) atoms. The Morgan fingerprint density at radius 3 is 1.89 bits per heavy atom. The molecule has 0 radical (unpaired) electrons. The lowest BCUT2D eigenvalue weighted by atomic mass is 9.81. The average molecular weight is 120 g/mol. The molecule has 2 atom stereocenters. The number of hydrogen-bond acceptors (Lipinski definition) is 0. The Hall–Kier alpha value is -0.520. The maximum atomic E-state index is 2.38. The van der Waals surface area contributed by atoms with Crippen molar-refractivity contribution in [3.8, 4) is 0 Å². The van der Waals surface area contributed by atoms with E-state index in [1.807, 2.05) is 0 Å². The summed E-state index contributed by atoms with van der Waals surface area (Å²) in [7, 11) is 0. The van der Waals surface area contributed by atoms with Crippen LogP contribution in [0.1, 0.15) is 19.3 Å². The summed E-state index contributed by atoms with van der Waals surface area (Å²) in [5, 5.41) is 0. The minimum absolute atomic E-state index is 0.883. The van der Waals surface area contributed by atoms with Crippen molar-refractivity contribution in [3.05, 3.63) is 24.3 Å². The number of fused-ring (bicyclic) bond motifs is 2. The molecule has 0 saturated heterocycles. The van der Waals surface area contributed by atoms with Gasteiger partial charge in [0.1, 0.15) is 0 Å². The topological polar surface area (TPSA) is 0 Å². The van der Waals surface area contributed by atoms with Gasteiger partial charge in [0.15, 0.2) is 0 Å². The molecule has 0 saturated carbocycles. The van der Waals surface area contributed by atoms with Gasteiger partial charge in [-0.3, -0.25) is 0 Å². The van der Waals surface area contributed by atoms with Crippen molar-refractivity contribution in [2.75, 3.05) is 0 Å². The Bertz CT molecular complexity index is 135. The number of rotatable bonds is 0. The average Bonchev–Trinajstić information content (AvgIpc) is 1.88. The minimum Gasteiger partial charge on any atom is -0.0877 e. The molecular weight excluding hydrogens is 108 g/mol. The highest BCUT2D eigenvalue weighted by Crippen LogP contribution is 2.30. The van der Waals surface area contributed by atoms with Crippen molar-refractivity contribution >= 4 is 0 Å². The minimum atomic E-state index is 0.883. The fourth-order valence-corrected chi connectivity index (χ4v) is 1.79. The summed E-state index contributed by atoms with van der Waals surface area (Å²) >= 11 is 0. The third-order valence-corrected chi connectivity index (χ3v) is 2.30. The molecule has 0 N–H and O–H groups in total. The first-order valence-electron chi connectivity index (χ1n) is 3.78. The summed E-state index contributed by atoms with van der Waals surface area (Å²) in [6.07, 6.45) is 13.4. The van der Waals surface area contributed by atoms with Crippen LogP contribution in [-0.2, 0) is 0 Å². The first-order chi connectivity index (χ1) is 4.45. The van der Waals surface area contributed by atoms with Crippen LogP contribution in [0.4, 0.5) is 0 Å². The molecular formula is C9H12. The van der Waals surface area contributed by atoms with Gasteiger partial charge in [-0.1, -0.05) is 24.3 Å². The first-order valence-corrected chi connectivity index (χ1v) is 3.78. The van der Waals surface area contributed by atoms with E-state index in [1.54, 1.807) is 0 Å². The van der Waals surface area contributed by atoms with Gasteiger partial charge in [0.25, 0.3) is 0 Å². The van der Waals surface area contributed by atoms with Gasteiger partial charge in [0.2, 0.25) is 0 Å². The Morgan fingerprint density at radius 2 is 1.44 bits per heavy atom. The monoisotopic (exact) mass is 120 g/mol. The van der Waals surface area contributed by atoms with E-state index in [-0.39, 0.29) is 0 Å². The molecule has 2 aliphatic carbocycles. The normalized spacial score (nSPS) is 39.1. The fraction of sp³-hybridized carbons (Fsp3) is 0.556. The molecule has 0 aromatic carbocycles. The number of hydrogen-bond donors (Lipinski definition) is 0. The molecule has 0 aromatic heterocycles. The van der Waals surface area contributed by atoms with Crippen LogP contribution in [0.2, 0.25) is 0 Å². The van der Waals surface area contributed by atoms with E-state index in [1.165, 1.54) is 19.3 Å². The van der Waals surface area contributed by atoms with Crippen molar-refractivity contribution < 1.29 is 0 Å². The van der Waals surface area contributed by atoms with Gasteiger partial charge in [-0.05, 0) is 31.1 Å². The van der Waals surface area contributed by atoms with Crippen molar-refractivity contribution in [1.29, 1.82) is 0 Å². The van der Waals surface area contributed by atoms with Gasteiger partial charge in [-0.15, -0.1) is 0 Å². The fourth-order valence-electron chi connectivity index (χ4n) is 1.79. The number of allylic oxidation sites excluding steroid dienone is 4.